The third-order valence-corrected chi connectivity index (χ3v) is 2.34. The first-order valence-corrected chi connectivity index (χ1v) is 4.55. The monoisotopic (exact) mass is 153 g/mol. The van der Waals surface area contributed by atoms with E-state index in [-0.39, 0.29) is 0 Å². The van der Waals surface area contributed by atoms with Gasteiger partial charge in [-0.3, -0.25) is 0 Å². The van der Waals surface area contributed by atoms with Crippen molar-refractivity contribution >= 4 is 0 Å². The van der Waals surface area contributed by atoms with Gasteiger partial charge < -0.3 is 0 Å². The first kappa shape index (κ1) is 10.5. The van der Waals surface area contributed by atoms with Crippen molar-refractivity contribution in [3.63, 3.8) is 0 Å². The Balaban J connectivity index is 3.19. The minimum absolute atomic E-state index is 0.727. The van der Waals surface area contributed by atoms with Crippen LogP contribution < -0.4 is 0 Å². The van der Waals surface area contributed by atoms with Gasteiger partial charge in [-0.05, 0) is 18.3 Å². The van der Waals surface area contributed by atoms with Crippen LogP contribution in [0, 0.1) is 23.2 Å². The molecule has 0 saturated heterocycles. The molecule has 1 nitrogen and oxygen atoms in total. The first-order valence-electron chi connectivity index (χ1n) is 4.55. The van der Waals surface area contributed by atoms with Crippen LogP contribution in [0.5, 0.6) is 0 Å². The standard InChI is InChI=1S/C10H19N/c1-9(2)10(3)7-5-4-6-8-11/h9-10H,4-7H2,1-3H3. The highest BCUT2D eigenvalue weighted by atomic mass is 14.2. The third-order valence-electron chi connectivity index (χ3n) is 2.34. The molecule has 0 aromatic heterocycles. The molecule has 0 aliphatic carbocycles. The van der Waals surface area contributed by atoms with Crippen LogP contribution in [0.25, 0.3) is 0 Å². The van der Waals surface area contributed by atoms with Gasteiger partial charge in [-0.2, -0.15) is 5.26 Å². The maximum Gasteiger partial charge on any atom is 0.0621 e. The van der Waals surface area contributed by atoms with Crippen molar-refractivity contribution in [2.45, 2.75) is 46.5 Å². The van der Waals surface area contributed by atoms with E-state index in [4.69, 9.17) is 5.26 Å². The van der Waals surface area contributed by atoms with Crippen LogP contribution in [0.1, 0.15) is 46.5 Å². The van der Waals surface area contributed by atoms with Crippen LogP contribution in [0.2, 0.25) is 0 Å². The minimum atomic E-state index is 0.727. The summed E-state index contributed by atoms with van der Waals surface area (Å²) in [6.45, 7) is 6.81. The van der Waals surface area contributed by atoms with Gasteiger partial charge in [0.15, 0.2) is 0 Å². The summed E-state index contributed by atoms with van der Waals surface area (Å²) in [6.07, 6.45) is 4.30. The van der Waals surface area contributed by atoms with E-state index in [1.807, 2.05) is 0 Å². The first-order chi connectivity index (χ1) is 5.18. The van der Waals surface area contributed by atoms with Crippen LogP contribution in [0.15, 0.2) is 0 Å². The van der Waals surface area contributed by atoms with Crippen molar-refractivity contribution in [2.75, 3.05) is 0 Å². The lowest BCUT2D eigenvalue weighted by Gasteiger charge is -2.13. The summed E-state index contributed by atoms with van der Waals surface area (Å²) in [7, 11) is 0. The van der Waals surface area contributed by atoms with Gasteiger partial charge in [0.2, 0.25) is 0 Å². The predicted octanol–water partition coefficient (Wildman–Crippen LogP) is 3.36. The molecule has 0 saturated carbocycles. The van der Waals surface area contributed by atoms with Gasteiger partial charge in [0.05, 0.1) is 6.07 Å². The fraction of sp³-hybridized carbons (Fsp3) is 0.900. The summed E-state index contributed by atoms with van der Waals surface area (Å²) in [6, 6.07) is 2.17. The van der Waals surface area contributed by atoms with Crippen molar-refractivity contribution in [2.24, 2.45) is 11.8 Å². The molecule has 0 rings (SSSR count). The fourth-order valence-electron chi connectivity index (χ4n) is 1.00. The van der Waals surface area contributed by atoms with Crippen LogP contribution in [-0.2, 0) is 0 Å². The lowest BCUT2D eigenvalue weighted by molar-refractivity contribution is 0.379. The van der Waals surface area contributed by atoms with Gasteiger partial charge in [0.25, 0.3) is 0 Å². The van der Waals surface area contributed by atoms with E-state index in [9.17, 15) is 0 Å². The third kappa shape index (κ3) is 5.91. The number of hydrogen-bond donors (Lipinski definition) is 0. The second-order valence-electron chi connectivity index (χ2n) is 3.63. The van der Waals surface area contributed by atoms with Crippen LogP contribution in [0.4, 0.5) is 0 Å². The molecule has 0 fully saturated rings. The molecule has 0 amide bonds. The molecule has 0 heterocycles. The lowest BCUT2D eigenvalue weighted by atomic mass is 9.92. The molecule has 0 radical (unpaired) electrons. The Bertz CT molecular complexity index is 121. The van der Waals surface area contributed by atoms with E-state index in [0.29, 0.717) is 0 Å². The summed E-state index contributed by atoms with van der Waals surface area (Å²) in [5.41, 5.74) is 0. The maximum absolute atomic E-state index is 8.29. The molecule has 0 aliphatic rings. The van der Waals surface area contributed by atoms with Gasteiger partial charge >= 0.3 is 0 Å². The average molecular weight is 153 g/mol. The van der Waals surface area contributed by atoms with Crippen molar-refractivity contribution < 1.29 is 0 Å². The molecule has 0 aromatic carbocycles. The molecule has 1 atom stereocenters. The number of hydrogen-bond acceptors (Lipinski definition) is 1. The zero-order valence-corrected chi connectivity index (χ0v) is 7.93. The van der Waals surface area contributed by atoms with Gasteiger partial charge in [0.1, 0.15) is 0 Å². The minimum Gasteiger partial charge on any atom is -0.198 e. The average Bonchev–Trinajstić information content (AvgIpc) is 1.97. The number of rotatable bonds is 5. The predicted molar refractivity (Wildman–Crippen MR) is 48.1 cm³/mol. The van der Waals surface area contributed by atoms with Gasteiger partial charge in [-0.25, -0.2) is 0 Å². The smallest absolute Gasteiger partial charge is 0.0621 e. The molecule has 0 bridgehead atoms. The Morgan fingerprint density at radius 3 is 2.27 bits per heavy atom. The summed E-state index contributed by atoms with van der Waals surface area (Å²) < 4.78 is 0. The van der Waals surface area contributed by atoms with E-state index in [0.717, 1.165) is 24.7 Å². The number of nitrogens with zero attached hydrogens (tertiary/aromatic N) is 1. The molecule has 64 valence electrons. The Hall–Kier alpha value is -0.510. The topological polar surface area (TPSA) is 23.8 Å². The van der Waals surface area contributed by atoms with Crippen molar-refractivity contribution in [3.05, 3.63) is 0 Å². The van der Waals surface area contributed by atoms with Crippen LogP contribution in [0.3, 0.4) is 0 Å². The number of unbranched alkanes of at least 4 members (excludes halogenated alkanes) is 2. The second-order valence-corrected chi connectivity index (χ2v) is 3.63. The van der Waals surface area contributed by atoms with Crippen LogP contribution in [-0.4, -0.2) is 0 Å². The SMILES string of the molecule is CC(C)C(C)CCCCC#N. The molecule has 0 spiro atoms. The normalized spacial score (nSPS) is 13.0. The molecule has 1 heteroatoms. The van der Waals surface area contributed by atoms with E-state index < -0.39 is 0 Å². The summed E-state index contributed by atoms with van der Waals surface area (Å²) in [4.78, 5) is 0. The molecule has 0 aliphatic heterocycles. The van der Waals surface area contributed by atoms with E-state index in [2.05, 4.69) is 26.8 Å². The maximum atomic E-state index is 8.29. The second kappa shape index (κ2) is 6.22. The van der Waals surface area contributed by atoms with E-state index >= 15 is 0 Å². The quantitative estimate of drug-likeness (QED) is 0.555. The Labute approximate surface area is 70.4 Å². The van der Waals surface area contributed by atoms with Gasteiger partial charge in [-0.1, -0.05) is 33.6 Å². The molecule has 0 aromatic rings. The van der Waals surface area contributed by atoms with Gasteiger partial charge in [0, 0.05) is 6.42 Å². The van der Waals surface area contributed by atoms with E-state index in [1.54, 1.807) is 0 Å². The molecule has 1 unspecified atom stereocenters. The summed E-state index contributed by atoms with van der Waals surface area (Å²) >= 11 is 0. The Kier molecular flexibility index (Phi) is 5.93. The summed E-state index contributed by atoms with van der Waals surface area (Å²) in [5, 5.41) is 8.29. The zero-order chi connectivity index (χ0) is 8.69. The largest absolute Gasteiger partial charge is 0.198 e. The molecular formula is C10H19N. The molecular weight excluding hydrogens is 134 g/mol. The number of nitriles is 1. The molecule has 0 N–H and O–H groups in total. The highest BCUT2D eigenvalue weighted by Gasteiger charge is 2.05. The van der Waals surface area contributed by atoms with Crippen LogP contribution >= 0.6 is 0 Å². The van der Waals surface area contributed by atoms with Crippen molar-refractivity contribution in [1.29, 1.82) is 5.26 Å². The van der Waals surface area contributed by atoms with Gasteiger partial charge in [-0.15, -0.1) is 0 Å². The summed E-state index contributed by atoms with van der Waals surface area (Å²) in [5.74, 6) is 1.60. The highest BCUT2D eigenvalue weighted by Crippen LogP contribution is 2.17. The fourth-order valence-corrected chi connectivity index (χ4v) is 1.00. The van der Waals surface area contributed by atoms with Crippen molar-refractivity contribution in [1.82, 2.24) is 0 Å². The van der Waals surface area contributed by atoms with Crippen molar-refractivity contribution in [3.8, 4) is 6.07 Å². The lowest BCUT2D eigenvalue weighted by Crippen LogP contribution is -2.02. The van der Waals surface area contributed by atoms with E-state index in [1.165, 1.54) is 12.8 Å². The highest BCUT2D eigenvalue weighted by molar-refractivity contribution is 4.68. The zero-order valence-electron chi connectivity index (χ0n) is 7.93. The Morgan fingerprint density at radius 2 is 1.82 bits per heavy atom. The Morgan fingerprint density at radius 1 is 1.18 bits per heavy atom. The molecule has 11 heavy (non-hydrogen) atoms.